The molecule has 6 nitrogen and oxygen atoms in total. The van der Waals surface area contributed by atoms with Crippen molar-refractivity contribution in [3.63, 3.8) is 0 Å². The van der Waals surface area contributed by atoms with Gasteiger partial charge in [-0.1, -0.05) is 12.1 Å². The Morgan fingerprint density at radius 3 is 2.65 bits per heavy atom. The molecule has 2 rings (SSSR count). The molecular formula is C18H21F2N3O3. The maximum absolute atomic E-state index is 13.3. The van der Waals surface area contributed by atoms with Crippen molar-refractivity contribution >= 4 is 6.03 Å². The molecule has 1 aromatic carbocycles. The Bertz CT molecular complexity index is 839. The maximum Gasteiger partial charge on any atom is 0.315 e. The monoisotopic (exact) mass is 365 g/mol. The summed E-state index contributed by atoms with van der Waals surface area (Å²) in [6.07, 6.45) is 0.441. The fourth-order valence-electron chi connectivity index (χ4n) is 2.47. The van der Waals surface area contributed by atoms with Crippen molar-refractivity contribution in [3.8, 4) is 0 Å². The van der Waals surface area contributed by atoms with Crippen LogP contribution in [0.2, 0.25) is 0 Å². The number of urea groups is 1. The number of carbonyl (C=O) groups is 1. The zero-order valence-corrected chi connectivity index (χ0v) is 14.5. The lowest BCUT2D eigenvalue weighted by Crippen LogP contribution is -2.43. The number of halogens is 2. The standard InChI is InChI=1S/C18H21F2N3O3/c1-3-23-8-4-5-13(17(23)25)10-21-18(26)22-11(2)16(24)12-6-7-14(19)15(20)9-12/h4-9,11,16,24H,3,10H2,1-2H3,(H2,21,22,26). The van der Waals surface area contributed by atoms with Gasteiger partial charge >= 0.3 is 6.03 Å². The molecule has 0 aliphatic carbocycles. The molecular weight excluding hydrogens is 344 g/mol. The molecule has 0 radical (unpaired) electrons. The second kappa shape index (κ2) is 8.57. The average molecular weight is 365 g/mol. The number of pyridine rings is 1. The number of amides is 2. The van der Waals surface area contributed by atoms with E-state index in [0.717, 1.165) is 12.1 Å². The van der Waals surface area contributed by atoms with Gasteiger partial charge in [0.2, 0.25) is 0 Å². The number of benzene rings is 1. The molecule has 1 heterocycles. The number of carbonyl (C=O) groups excluding carboxylic acids is 1. The normalized spacial score (nSPS) is 13.1. The summed E-state index contributed by atoms with van der Waals surface area (Å²) >= 11 is 0. The second-order valence-electron chi connectivity index (χ2n) is 5.86. The van der Waals surface area contributed by atoms with Crippen LogP contribution in [0.3, 0.4) is 0 Å². The summed E-state index contributed by atoms with van der Waals surface area (Å²) in [4.78, 5) is 24.0. The first-order chi connectivity index (χ1) is 12.3. The summed E-state index contributed by atoms with van der Waals surface area (Å²) in [6, 6.07) is 5.02. The number of nitrogens with zero attached hydrogens (tertiary/aromatic N) is 1. The third-order valence-electron chi connectivity index (χ3n) is 4.00. The minimum absolute atomic E-state index is 0.0273. The SMILES string of the molecule is CCn1cccc(CNC(=O)NC(C)C(O)c2ccc(F)c(F)c2)c1=O. The number of hydrogen-bond acceptors (Lipinski definition) is 3. The van der Waals surface area contributed by atoms with Gasteiger partial charge in [-0.25, -0.2) is 13.6 Å². The Morgan fingerprint density at radius 1 is 1.27 bits per heavy atom. The van der Waals surface area contributed by atoms with Gasteiger partial charge in [-0.05, 0) is 37.6 Å². The third kappa shape index (κ3) is 4.66. The zero-order chi connectivity index (χ0) is 19.3. The minimum atomic E-state index is -1.22. The number of rotatable bonds is 6. The van der Waals surface area contributed by atoms with Gasteiger partial charge in [0.25, 0.3) is 5.56 Å². The molecule has 2 unspecified atom stereocenters. The number of aliphatic hydroxyl groups excluding tert-OH is 1. The summed E-state index contributed by atoms with van der Waals surface area (Å²) in [5.74, 6) is -2.09. The van der Waals surface area contributed by atoms with E-state index >= 15 is 0 Å². The zero-order valence-electron chi connectivity index (χ0n) is 14.5. The van der Waals surface area contributed by atoms with Crippen LogP contribution in [0.5, 0.6) is 0 Å². The average Bonchev–Trinajstić information content (AvgIpc) is 2.62. The quantitative estimate of drug-likeness (QED) is 0.733. The lowest BCUT2D eigenvalue weighted by atomic mass is 10.0. The van der Waals surface area contributed by atoms with Crippen LogP contribution in [0.4, 0.5) is 13.6 Å². The predicted octanol–water partition coefficient (Wildman–Crippen LogP) is 2.07. The Labute approximate surface area is 149 Å². The number of aliphatic hydroxyl groups is 1. The van der Waals surface area contributed by atoms with Gasteiger partial charge in [0.1, 0.15) is 0 Å². The van der Waals surface area contributed by atoms with Gasteiger partial charge in [0, 0.05) is 24.8 Å². The molecule has 0 bridgehead atoms. The van der Waals surface area contributed by atoms with Crippen LogP contribution < -0.4 is 16.2 Å². The van der Waals surface area contributed by atoms with E-state index in [1.807, 2.05) is 6.92 Å². The number of nitrogens with one attached hydrogen (secondary N) is 2. The summed E-state index contributed by atoms with van der Waals surface area (Å²) in [5, 5.41) is 15.2. The highest BCUT2D eigenvalue weighted by Crippen LogP contribution is 2.19. The van der Waals surface area contributed by atoms with E-state index in [2.05, 4.69) is 10.6 Å². The summed E-state index contributed by atoms with van der Waals surface area (Å²) in [6.45, 7) is 3.92. The molecule has 1 aromatic heterocycles. The van der Waals surface area contributed by atoms with E-state index in [0.29, 0.717) is 12.1 Å². The van der Waals surface area contributed by atoms with Gasteiger partial charge in [-0.3, -0.25) is 4.79 Å². The van der Waals surface area contributed by atoms with Crippen molar-refractivity contribution in [1.82, 2.24) is 15.2 Å². The van der Waals surface area contributed by atoms with Crippen LogP contribution in [0.25, 0.3) is 0 Å². The first-order valence-corrected chi connectivity index (χ1v) is 8.19. The summed E-state index contributed by atoms with van der Waals surface area (Å²) in [5.41, 5.74) is 0.383. The van der Waals surface area contributed by atoms with Gasteiger partial charge in [0.05, 0.1) is 12.1 Å². The molecule has 140 valence electrons. The molecule has 3 N–H and O–H groups in total. The number of aryl methyl sites for hydroxylation is 1. The van der Waals surface area contributed by atoms with E-state index in [9.17, 15) is 23.5 Å². The van der Waals surface area contributed by atoms with Crippen molar-refractivity contribution in [1.29, 1.82) is 0 Å². The van der Waals surface area contributed by atoms with E-state index in [1.54, 1.807) is 18.3 Å². The van der Waals surface area contributed by atoms with E-state index < -0.39 is 29.8 Å². The Balaban J connectivity index is 1.94. The molecule has 0 aliphatic heterocycles. The largest absolute Gasteiger partial charge is 0.386 e. The lowest BCUT2D eigenvalue weighted by Gasteiger charge is -2.21. The molecule has 0 spiro atoms. The van der Waals surface area contributed by atoms with Crippen LogP contribution in [0, 0.1) is 11.6 Å². The third-order valence-corrected chi connectivity index (χ3v) is 4.00. The van der Waals surface area contributed by atoms with Crippen molar-refractivity contribution in [2.75, 3.05) is 0 Å². The lowest BCUT2D eigenvalue weighted by molar-refractivity contribution is 0.137. The highest BCUT2D eigenvalue weighted by atomic mass is 19.2. The smallest absolute Gasteiger partial charge is 0.315 e. The Kier molecular flexibility index (Phi) is 6.46. The molecule has 0 saturated carbocycles. The van der Waals surface area contributed by atoms with E-state index in [4.69, 9.17) is 0 Å². The van der Waals surface area contributed by atoms with Crippen LogP contribution in [0.15, 0.2) is 41.3 Å². The summed E-state index contributed by atoms with van der Waals surface area (Å²) in [7, 11) is 0. The van der Waals surface area contributed by atoms with Crippen molar-refractivity contribution in [3.05, 3.63) is 69.6 Å². The topological polar surface area (TPSA) is 83.4 Å². The molecule has 8 heteroatoms. The molecule has 2 aromatic rings. The number of aromatic nitrogens is 1. The van der Waals surface area contributed by atoms with Gasteiger partial charge in [0.15, 0.2) is 11.6 Å². The Hall–Kier alpha value is -2.74. The van der Waals surface area contributed by atoms with Crippen LogP contribution >= 0.6 is 0 Å². The van der Waals surface area contributed by atoms with Crippen molar-refractivity contribution in [2.45, 2.75) is 39.1 Å². The molecule has 26 heavy (non-hydrogen) atoms. The van der Waals surface area contributed by atoms with Crippen LogP contribution in [-0.2, 0) is 13.1 Å². The first kappa shape index (κ1) is 19.6. The molecule has 0 fully saturated rings. The molecule has 0 aliphatic rings. The van der Waals surface area contributed by atoms with E-state index in [-0.39, 0.29) is 17.7 Å². The maximum atomic E-state index is 13.3. The van der Waals surface area contributed by atoms with E-state index in [1.165, 1.54) is 17.6 Å². The van der Waals surface area contributed by atoms with Crippen LogP contribution in [-0.4, -0.2) is 21.7 Å². The molecule has 2 amide bonds. The van der Waals surface area contributed by atoms with Gasteiger partial charge in [-0.2, -0.15) is 0 Å². The molecule has 2 atom stereocenters. The highest BCUT2D eigenvalue weighted by Gasteiger charge is 2.20. The minimum Gasteiger partial charge on any atom is -0.386 e. The highest BCUT2D eigenvalue weighted by molar-refractivity contribution is 5.74. The first-order valence-electron chi connectivity index (χ1n) is 8.19. The Morgan fingerprint density at radius 2 is 2.00 bits per heavy atom. The second-order valence-corrected chi connectivity index (χ2v) is 5.86. The molecule has 0 saturated heterocycles. The number of hydrogen-bond donors (Lipinski definition) is 3. The summed E-state index contributed by atoms with van der Waals surface area (Å²) < 4.78 is 27.7. The fourth-order valence-corrected chi connectivity index (χ4v) is 2.47. The fraction of sp³-hybridized carbons (Fsp3) is 0.333. The van der Waals surface area contributed by atoms with Gasteiger partial charge in [-0.15, -0.1) is 0 Å². The van der Waals surface area contributed by atoms with Gasteiger partial charge < -0.3 is 20.3 Å². The van der Waals surface area contributed by atoms with Crippen LogP contribution in [0.1, 0.15) is 31.1 Å². The van der Waals surface area contributed by atoms with Crippen molar-refractivity contribution in [2.24, 2.45) is 0 Å². The predicted molar refractivity (Wildman–Crippen MR) is 92.5 cm³/mol. The van der Waals surface area contributed by atoms with Crippen molar-refractivity contribution < 1.29 is 18.7 Å².